The monoisotopic (exact) mass is 1250 g/mol. The van der Waals surface area contributed by atoms with Gasteiger partial charge in [-0.05, 0) is 89.9 Å². The lowest BCUT2D eigenvalue weighted by molar-refractivity contribution is -0.143. The van der Waals surface area contributed by atoms with Gasteiger partial charge in [-0.3, -0.25) is 9.59 Å². The average Bonchev–Trinajstić information content (AvgIpc) is 3.60. The zero-order valence-electron chi connectivity index (χ0n) is 60.2. The summed E-state index contributed by atoms with van der Waals surface area (Å²) < 4.78 is 5.51. The molecule has 0 aliphatic carbocycles. The second-order valence-corrected chi connectivity index (χ2v) is 27.7. The fraction of sp³-hybridized carbons (Fsp3) is 0.880. The molecule has 0 heterocycles. The van der Waals surface area contributed by atoms with Crippen LogP contribution in [0.3, 0.4) is 0 Å². The Morgan fingerprint density at radius 2 is 0.562 bits per heavy atom. The number of allylic oxidation sites excluding steroid dienone is 7. The van der Waals surface area contributed by atoms with E-state index in [0.29, 0.717) is 19.4 Å². The molecule has 2 atom stereocenters. The topological polar surface area (TPSA) is 95.9 Å². The van der Waals surface area contributed by atoms with Crippen molar-refractivity contribution in [3.05, 3.63) is 48.6 Å². The number of aliphatic hydroxyl groups excluding tert-OH is 2. The first-order valence-corrected chi connectivity index (χ1v) is 40.4. The van der Waals surface area contributed by atoms with Gasteiger partial charge < -0.3 is 20.3 Å². The number of nitrogens with one attached hydrogen (secondary N) is 1. The van der Waals surface area contributed by atoms with Gasteiger partial charge in [0.1, 0.15) is 0 Å². The van der Waals surface area contributed by atoms with E-state index < -0.39 is 12.1 Å². The predicted octanol–water partition coefficient (Wildman–Crippen LogP) is 26.8. The number of hydrogen-bond donors (Lipinski definition) is 3. The number of esters is 1. The maximum absolute atomic E-state index is 12.6. The zero-order chi connectivity index (χ0) is 64.2. The third kappa shape index (κ3) is 74.7. The van der Waals surface area contributed by atoms with Crippen LogP contribution in [0.25, 0.3) is 0 Å². The van der Waals surface area contributed by atoms with Crippen LogP contribution in [-0.2, 0) is 14.3 Å². The van der Waals surface area contributed by atoms with Crippen molar-refractivity contribution in [2.24, 2.45) is 0 Å². The van der Waals surface area contributed by atoms with Crippen LogP contribution in [0.1, 0.15) is 444 Å². The molecular weight excluding hydrogens is 1090 g/mol. The Morgan fingerprint density at radius 1 is 0.315 bits per heavy atom. The molecule has 0 aliphatic heterocycles. The highest BCUT2D eigenvalue weighted by Crippen LogP contribution is 2.19. The van der Waals surface area contributed by atoms with Crippen LogP contribution in [0.4, 0.5) is 0 Å². The Kier molecular flexibility index (Phi) is 76.3. The minimum Gasteiger partial charge on any atom is -0.466 e. The van der Waals surface area contributed by atoms with E-state index in [9.17, 15) is 19.8 Å². The maximum atomic E-state index is 12.6. The van der Waals surface area contributed by atoms with E-state index in [4.69, 9.17) is 4.74 Å². The third-order valence-corrected chi connectivity index (χ3v) is 18.8. The fourth-order valence-electron chi connectivity index (χ4n) is 12.7. The largest absolute Gasteiger partial charge is 0.466 e. The molecule has 6 nitrogen and oxygen atoms in total. The number of aliphatic hydroxyl groups is 2. The zero-order valence-corrected chi connectivity index (χ0v) is 60.2. The van der Waals surface area contributed by atoms with E-state index in [-0.39, 0.29) is 18.5 Å². The molecule has 0 aliphatic rings. The molecule has 0 fully saturated rings. The van der Waals surface area contributed by atoms with Crippen molar-refractivity contribution in [3.63, 3.8) is 0 Å². The lowest BCUT2D eigenvalue weighted by Crippen LogP contribution is -2.45. The van der Waals surface area contributed by atoms with E-state index in [1.54, 1.807) is 6.08 Å². The van der Waals surface area contributed by atoms with Gasteiger partial charge >= 0.3 is 5.97 Å². The van der Waals surface area contributed by atoms with Crippen molar-refractivity contribution < 1.29 is 24.5 Å². The Labute approximate surface area is 556 Å². The quantitative estimate of drug-likeness (QED) is 0.0320. The van der Waals surface area contributed by atoms with Gasteiger partial charge in [0.05, 0.1) is 25.4 Å². The van der Waals surface area contributed by atoms with E-state index in [2.05, 4.69) is 55.6 Å². The molecule has 0 aromatic carbocycles. The second kappa shape index (κ2) is 78.3. The number of hydrogen-bond acceptors (Lipinski definition) is 5. The Morgan fingerprint density at radius 3 is 0.888 bits per heavy atom. The van der Waals surface area contributed by atoms with Gasteiger partial charge in [0, 0.05) is 12.8 Å². The van der Waals surface area contributed by atoms with Crippen LogP contribution >= 0.6 is 0 Å². The van der Waals surface area contributed by atoms with Gasteiger partial charge in [-0.25, -0.2) is 0 Å². The number of amides is 1. The minimum atomic E-state index is -0.846. The summed E-state index contributed by atoms with van der Waals surface area (Å²) >= 11 is 0. The third-order valence-electron chi connectivity index (χ3n) is 18.8. The molecule has 3 N–H and O–H groups in total. The summed E-state index contributed by atoms with van der Waals surface area (Å²) in [4.78, 5) is 24.7. The maximum Gasteiger partial charge on any atom is 0.305 e. The molecule has 0 aromatic heterocycles. The van der Waals surface area contributed by atoms with E-state index in [1.807, 2.05) is 6.08 Å². The van der Waals surface area contributed by atoms with Crippen LogP contribution in [0.15, 0.2) is 48.6 Å². The second-order valence-electron chi connectivity index (χ2n) is 27.7. The number of carbonyl (C=O) groups excluding carboxylic acids is 2. The van der Waals surface area contributed by atoms with Gasteiger partial charge in [-0.2, -0.15) is 0 Å². The molecule has 89 heavy (non-hydrogen) atoms. The first-order chi connectivity index (χ1) is 44.0. The summed E-state index contributed by atoms with van der Waals surface area (Å²) in [5, 5.41) is 23.3. The molecule has 0 spiro atoms. The molecule has 2 unspecified atom stereocenters. The molecule has 0 saturated carbocycles. The van der Waals surface area contributed by atoms with Crippen LogP contribution in [0, 0.1) is 0 Å². The fourth-order valence-corrected chi connectivity index (χ4v) is 12.7. The highest BCUT2D eigenvalue weighted by atomic mass is 16.5. The minimum absolute atomic E-state index is 0.0136. The molecule has 6 heteroatoms. The normalized spacial score (nSPS) is 12.7. The first-order valence-electron chi connectivity index (χ1n) is 40.4. The van der Waals surface area contributed by atoms with Crippen LogP contribution in [-0.4, -0.2) is 47.4 Å². The van der Waals surface area contributed by atoms with Gasteiger partial charge in [-0.15, -0.1) is 0 Å². The summed E-state index contributed by atoms with van der Waals surface area (Å²) in [6.45, 7) is 4.92. The highest BCUT2D eigenvalue weighted by Gasteiger charge is 2.18. The molecule has 0 radical (unpaired) electrons. The van der Waals surface area contributed by atoms with E-state index in [1.165, 1.54) is 366 Å². The van der Waals surface area contributed by atoms with Crippen molar-refractivity contribution in [2.45, 2.75) is 456 Å². The summed E-state index contributed by atoms with van der Waals surface area (Å²) in [6, 6.07) is -0.629. The van der Waals surface area contributed by atoms with Gasteiger partial charge in [0.25, 0.3) is 0 Å². The van der Waals surface area contributed by atoms with Crippen LogP contribution in [0.2, 0.25) is 0 Å². The standard InChI is InChI=1S/C83H157NO5/c1-3-5-7-9-11-13-15-17-19-21-23-24-33-36-40-43-47-51-55-59-63-67-71-75-81(86)80(79-85)84-82(87)76-72-68-64-60-56-52-48-44-41-37-34-31-29-27-25-26-28-30-32-35-38-42-46-50-54-58-62-66-70-74-78-89-83(88)77-73-69-65-61-57-53-49-45-39-22-20-18-16-14-12-10-8-6-4-2/h12,14,18,20,26,28,71,75,80-81,85-86H,3-11,13,15-17,19,21-25,27,29-70,72-74,76-79H2,1-2H3,(H,84,87)/b14-12-,20-18-,28-26-,75-71+. The molecular formula is C83H157NO5. The molecule has 0 aromatic rings. The van der Waals surface area contributed by atoms with Crippen LogP contribution in [0.5, 0.6) is 0 Å². The first kappa shape index (κ1) is 86.8. The summed E-state index contributed by atoms with van der Waals surface area (Å²) in [5.74, 6) is -0.0483. The van der Waals surface area contributed by atoms with Gasteiger partial charge in [0.2, 0.25) is 5.91 Å². The average molecular weight is 1250 g/mol. The summed E-state index contributed by atoms with van der Waals surface area (Å²) in [6.07, 6.45) is 104. The van der Waals surface area contributed by atoms with Crippen molar-refractivity contribution in [1.29, 1.82) is 0 Å². The Hall–Kier alpha value is -2.18. The summed E-state index contributed by atoms with van der Waals surface area (Å²) in [7, 11) is 0. The predicted molar refractivity (Wildman–Crippen MR) is 393 cm³/mol. The van der Waals surface area contributed by atoms with Crippen molar-refractivity contribution in [2.75, 3.05) is 13.2 Å². The molecule has 0 bridgehead atoms. The van der Waals surface area contributed by atoms with E-state index in [0.717, 1.165) is 51.4 Å². The van der Waals surface area contributed by atoms with Gasteiger partial charge in [-0.1, -0.05) is 390 Å². The molecule has 524 valence electrons. The summed E-state index contributed by atoms with van der Waals surface area (Å²) in [5.41, 5.74) is 0. The van der Waals surface area contributed by atoms with E-state index >= 15 is 0 Å². The number of carbonyl (C=O) groups is 2. The molecule has 1 amide bonds. The van der Waals surface area contributed by atoms with Crippen molar-refractivity contribution in [3.8, 4) is 0 Å². The Balaban J connectivity index is 3.38. The highest BCUT2D eigenvalue weighted by molar-refractivity contribution is 5.76. The van der Waals surface area contributed by atoms with Crippen LogP contribution < -0.4 is 5.32 Å². The lowest BCUT2D eigenvalue weighted by atomic mass is 10.0. The van der Waals surface area contributed by atoms with Gasteiger partial charge in [0.15, 0.2) is 0 Å². The SMILES string of the molecule is CCCCC/C=C\C/C=C\CCCCCCCCCCCC(=O)OCCCCCCCCCCCCCC/C=C\CCCCCCCCCCCCCCCCC(=O)NC(CO)C(O)/C=C/CCCCCCCCCCCCCCCCCCCCCCC. The van der Waals surface area contributed by atoms with Crippen molar-refractivity contribution in [1.82, 2.24) is 5.32 Å². The molecule has 0 saturated heterocycles. The molecule has 0 rings (SSSR count). The van der Waals surface area contributed by atoms with Crippen molar-refractivity contribution >= 4 is 11.9 Å². The Bertz CT molecular complexity index is 1490. The smallest absolute Gasteiger partial charge is 0.305 e. The number of ether oxygens (including phenoxy) is 1. The number of unbranched alkanes of at least 4 members (excludes halogenated alkanes) is 59. The number of rotatable bonds is 76. The lowest BCUT2D eigenvalue weighted by Gasteiger charge is -2.20.